The standard InChI is InChI=1S/C24H31N5O4S/c1-23(2,3)33-22(30)29-11-7-15(8-12-29)20-19-17-6-5-16(34(31,32)28-24(4)9-10-24)13-18(17)27-21(19)26-14-25-20/h5-6,13-15,28H,7-12H2,1-4H3,(H,25,26,27). The van der Waals surface area contributed by atoms with Gasteiger partial charge in [-0.1, -0.05) is 6.07 Å². The molecule has 2 aliphatic rings. The van der Waals surface area contributed by atoms with Crippen LogP contribution in [-0.4, -0.2) is 58.6 Å². The van der Waals surface area contributed by atoms with Gasteiger partial charge in [0.25, 0.3) is 0 Å². The lowest BCUT2D eigenvalue weighted by Gasteiger charge is -2.33. The molecule has 1 aliphatic heterocycles. The Hall–Kier alpha value is -2.72. The molecule has 182 valence electrons. The highest BCUT2D eigenvalue weighted by Crippen LogP contribution is 2.38. The molecule has 10 heteroatoms. The van der Waals surface area contributed by atoms with Gasteiger partial charge in [-0.2, -0.15) is 0 Å². The monoisotopic (exact) mass is 485 g/mol. The van der Waals surface area contributed by atoms with Crippen molar-refractivity contribution in [3.05, 3.63) is 30.2 Å². The minimum absolute atomic E-state index is 0.170. The minimum Gasteiger partial charge on any atom is -0.444 e. The van der Waals surface area contributed by atoms with Gasteiger partial charge in [0.1, 0.15) is 17.6 Å². The van der Waals surface area contributed by atoms with E-state index in [9.17, 15) is 13.2 Å². The summed E-state index contributed by atoms with van der Waals surface area (Å²) < 4.78 is 34.0. The van der Waals surface area contributed by atoms with Gasteiger partial charge in [0, 0.05) is 40.8 Å². The highest BCUT2D eigenvalue weighted by Gasteiger charge is 2.41. The number of likely N-dealkylation sites (tertiary alicyclic amines) is 1. The molecule has 5 rings (SSSR count). The lowest BCUT2D eigenvalue weighted by atomic mass is 9.91. The van der Waals surface area contributed by atoms with Crippen molar-refractivity contribution in [2.75, 3.05) is 13.1 Å². The Morgan fingerprint density at radius 1 is 1.21 bits per heavy atom. The molecule has 2 N–H and O–H groups in total. The van der Waals surface area contributed by atoms with Crippen LogP contribution in [0.5, 0.6) is 0 Å². The van der Waals surface area contributed by atoms with Crippen LogP contribution in [0.1, 0.15) is 65.0 Å². The van der Waals surface area contributed by atoms with Gasteiger partial charge < -0.3 is 14.6 Å². The number of carbonyl (C=O) groups is 1. The van der Waals surface area contributed by atoms with Crippen molar-refractivity contribution in [3.63, 3.8) is 0 Å². The van der Waals surface area contributed by atoms with Gasteiger partial charge >= 0.3 is 6.09 Å². The molecule has 9 nitrogen and oxygen atoms in total. The molecule has 1 aliphatic carbocycles. The summed E-state index contributed by atoms with van der Waals surface area (Å²) in [6, 6.07) is 5.15. The zero-order valence-electron chi connectivity index (χ0n) is 20.0. The summed E-state index contributed by atoms with van der Waals surface area (Å²) in [7, 11) is -3.60. The number of amides is 1. The molecule has 0 atom stereocenters. The molecule has 2 fully saturated rings. The molecule has 1 saturated heterocycles. The van der Waals surface area contributed by atoms with E-state index in [0.717, 1.165) is 42.1 Å². The van der Waals surface area contributed by atoms with Crippen LogP contribution in [0.25, 0.3) is 21.9 Å². The second-order valence-electron chi connectivity index (χ2n) is 10.7. The maximum Gasteiger partial charge on any atom is 0.410 e. The molecule has 0 bridgehead atoms. The summed E-state index contributed by atoms with van der Waals surface area (Å²) in [6.45, 7) is 8.71. The molecular formula is C24H31N5O4S. The fourth-order valence-corrected chi connectivity index (χ4v) is 6.03. The number of hydrogen-bond acceptors (Lipinski definition) is 6. The van der Waals surface area contributed by atoms with Crippen LogP contribution < -0.4 is 4.72 Å². The number of sulfonamides is 1. The maximum atomic E-state index is 12.8. The number of fused-ring (bicyclic) bond motifs is 3. The SMILES string of the molecule is CC1(NS(=O)(=O)c2ccc3c(c2)[nH]c2ncnc(C4CCN(C(=O)OC(C)(C)C)CC4)c23)CC1. The molecule has 3 aromatic rings. The molecule has 0 spiro atoms. The van der Waals surface area contributed by atoms with Gasteiger partial charge in [-0.25, -0.2) is 27.9 Å². The first kappa shape index (κ1) is 23.0. The van der Waals surface area contributed by atoms with Crippen molar-refractivity contribution >= 4 is 38.1 Å². The predicted molar refractivity (Wildman–Crippen MR) is 129 cm³/mol. The Balaban J connectivity index is 1.41. The first-order valence-corrected chi connectivity index (χ1v) is 13.2. The number of nitrogens with zero attached hydrogens (tertiary/aromatic N) is 3. The van der Waals surface area contributed by atoms with Crippen molar-refractivity contribution in [2.24, 2.45) is 0 Å². The quantitative estimate of drug-likeness (QED) is 0.576. The zero-order valence-corrected chi connectivity index (χ0v) is 20.8. The Bertz CT molecular complexity index is 1360. The Morgan fingerprint density at radius 2 is 1.91 bits per heavy atom. The number of aromatic amines is 1. The van der Waals surface area contributed by atoms with Crippen LogP contribution >= 0.6 is 0 Å². The highest BCUT2D eigenvalue weighted by atomic mass is 32.2. The van der Waals surface area contributed by atoms with E-state index in [1.165, 1.54) is 0 Å². The van der Waals surface area contributed by atoms with E-state index in [1.807, 2.05) is 33.8 Å². The first-order valence-electron chi connectivity index (χ1n) is 11.7. The largest absolute Gasteiger partial charge is 0.444 e. The van der Waals surface area contributed by atoms with Crippen LogP contribution in [0.2, 0.25) is 0 Å². The molecular weight excluding hydrogens is 454 g/mol. The van der Waals surface area contributed by atoms with Crippen molar-refractivity contribution in [1.29, 1.82) is 0 Å². The number of nitrogens with one attached hydrogen (secondary N) is 2. The second kappa shape index (κ2) is 7.91. The van der Waals surface area contributed by atoms with Crippen molar-refractivity contribution < 1.29 is 17.9 Å². The van der Waals surface area contributed by atoms with Gasteiger partial charge in [-0.05, 0) is 65.5 Å². The van der Waals surface area contributed by atoms with E-state index < -0.39 is 15.6 Å². The number of H-pyrrole nitrogens is 1. The van der Waals surface area contributed by atoms with Gasteiger partial charge in [-0.15, -0.1) is 0 Å². The third-order valence-corrected chi connectivity index (χ3v) is 8.25. The average Bonchev–Trinajstić information content (AvgIpc) is 3.35. The maximum absolute atomic E-state index is 12.8. The number of ether oxygens (including phenoxy) is 1. The molecule has 0 unspecified atom stereocenters. The lowest BCUT2D eigenvalue weighted by molar-refractivity contribution is 0.0204. The second-order valence-corrected chi connectivity index (χ2v) is 12.4. The Morgan fingerprint density at radius 3 is 2.56 bits per heavy atom. The van der Waals surface area contributed by atoms with Crippen LogP contribution in [0, 0.1) is 0 Å². The van der Waals surface area contributed by atoms with E-state index in [2.05, 4.69) is 19.7 Å². The number of aromatic nitrogens is 3. The first-order chi connectivity index (χ1) is 15.9. The van der Waals surface area contributed by atoms with Gasteiger partial charge in [0.2, 0.25) is 10.0 Å². The Kier molecular flexibility index (Phi) is 5.36. The summed E-state index contributed by atoms with van der Waals surface area (Å²) in [5, 5.41) is 1.82. The smallest absolute Gasteiger partial charge is 0.410 e. The van der Waals surface area contributed by atoms with Crippen LogP contribution in [0.15, 0.2) is 29.4 Å². The van der Waals surface area contributed by atoms with E-state index in [4.69, 9.17) is 4.74 Å². The summed E-state index contributed by atoms with van der Waals surface area (Å²) in [6.07, 6.45) is 4.51. The van der Waals surface area contributed by atoms with Gasteiger partial charge in [0.15, 0.2) is 0 Å². The Labute approximate surface area is 199 Å². The minimum atomic E-state index is -3.60. The molecule has 3 heterocycles. The number of hydrogen-bond donors (Lipinski definition) is 2. The molecule has 1 amide bonds. The topological polar surface area (TPSA) is 117 Å². The van der Waals surface area contributed by atoms with Crippen molar-refractivity contribution in [2.45, 2.75) is 75.3 Å². The number of carbonyl (C=O) groups excluding carboxylic acids is 1. The van der Waals surface area contributed by atoms with E-state index >= 15 is 0 Å². The number of rotatable bonds is 4. The molecule has 2 aromatic heterocycles. The molecule has 0 radical (unpaired) electrons. The third kappa shape index (κ3) is 4.48. The van der Waals surface area contributed by atoms with Crippen LogP contribution in [0.4, 0.5) is 4.79 Å². The summed E-state index contributed by atoms with van der Waals surface area (Å²) in [4.78, 5) is 26.7. The fourth-order valence-electron chi connectivity index (χ4n) is 4.54. The van der Waals surface area contributed by atoms with Crippen LogP contribution in [-0.2, 0) is 14.8 Å². The normalized spacial score (nSPS) is 19.0. The van der Waals surface area contributed by atoms with E-state index in [-0.39, 0.29) is 22.4 Å². The predicted octanol–water partition coefficient (Wildman–Crippen LogP) is 4.06. The fraction of sp³-hybridized carbons (Fsp3) is 0.542. The van der Waals surface area contributed by atoms with E-state index in [1.54, 1.807) is 23.4 Å². The average molecular weight is 486 g/mol. The van der Waals surface area contributed by atoms with E-state index in [0.29, 0.717) is 24.3 Å². The summed E-state index contributed by atoms with van der Waals surface area (Å²) in [5.74, 6) is 0.170. The zero-order chi connectivity index (χ0) is 24.3. The number of benzene rings is 1. The lowest BCUT2D eigenvalue weighted by Crippen LogP contribution is -2.41. The molecule has 1 saturated carbocycles. The van der Waals surface area contributed by atoms with Crippen LogP contribution in [0.3, 0.4) is 0 Å². The number of piperidine rings is 1. The summed E-state index contributed by atoms with van der Waals surface area (Å²) in [5.41, 5.74) is 1.48. The molecule has 34 heavy (non-hydrogen) atoms. The van der Waals surface area contributed by atoms with Crippen molar-refractivity contribution in [1.82, 2.24) is 24.6 Å². The van der Waals surface area contributed by atoms with Gasteiger partial charge in [0.05, 0.1) is 10.6 Å². The highest BCUT2D eigenvalue weighted by molar-refractivity contribution is 7.89. The third-order valence-electron chi connectivity index (χ3n) is 6.61. The van der Waals surface area contributed by atoms with Gasteiger partial charge in [-0.3, -0.25) is 0 Å². The summed E-state index contributed by atoms with van der Waals surface area (Å²) >= 11 is 0. The van der Waals surface area contributed by atoms with Crippen molar-refractivity contribution in [3.8, 4) is 0 Å². The molecule has 1 aromatic carbocycles.